The van der Waals surface area contributed by atoms with Crippen molar-refractivity contribution in [3.8, 4) is 0 Å². The van der Waals surface area contributed by atoms with Crippen molar-refractivity contribution >= 4 is 5.91 Å². The highest BCUT2D eigenvalue weighted by molar-refractivity contribution is 5.95. The summed E-state index contributed by atoms with van der Waals surface area (Å²) in [4.78, 5) is 12.1. The molecule has 2 aromatic rings. The van der Waals surface area contributed by atoms with E-state index in [4.69, 9.17) is 4.74 Å². The second-order valence-electron chi connectivity index (χ2n) is 6.61. The molecule has 4 nitrogen and oxygen atoms in total. The van der Waals surface area contributed by atoms with Crippen molar-refractivity contribution in [1.82, 2.24) is 5.32 Å². The van der Waals surface area contributed by atoms with Crippen LogP contribution in [0.25, 0.3) is 0 Å². The molecule has 152 valence electrons. The van der Waals surface area contributed by atoms with Crippen molar-refractivity contribution in [2.75, 3.05) is 19.8 Å². The fraction of sp³-hybridized carbons (Fsp3) is 0.409. The molecule has 28 heavy (non-hydrogen) atoms. The molecule has 0 fully saturated rings. The quantitative estimate of drug-likeness (QED) is 0.531. The smallest absolute Gasteiger partial charge is 0.296 e. The molecule has 0 saturated carbocycles. The largest absolute Gasteiger partial charge is 0.392 e. The Bertz CT molecular complexity index is 723. The highest BCUT2D eigenvalue weighted by atomic mass is 19.3. The second kappa shape index (κ2) is 11.5. The number of alkyl halides is 2. The Labute approximate surface area is 164 Å². The van der Waals surface area contributed by atoms with Crippen LogP contribution in [0.5, 0.6) is 0 Å². The number of halogens is 2. The summed E-state index contributed by atoms with van der Waals surface area (Å²) in [7, 11) is 0. The van der Waals surface area contributed by atoms with Gasteiger partial charge in [-0.05, 0) is 24.5 Å². The normalized spacial score (nSPS) is 11.4. The van der Waals surface area contributed by atoms with Crippen LogP contribution in [0.1, 0.15) is 47.2 Å². The van der Waals surface area contributed by atoms with Gasteiger partial charge < -0.3 is 15.2 Å². The average Bonchev–Trinajstić information content (AvgIpc) is 2.73. The molecule has 0 aromatic heterocycles. The van der Waals surface area contributed by atoms with Crippen molar-refractivity contribution < 1.29 is 23.4 Å². The van der Waals surface area contributed by atoms with Gasteiger partial charge in [-0.2, -0.15) is 8.78 Å². The molecule has 2 rings (SSSR count). The first-order chi connectivity index (χ1) is 13.5. The van der Waals surface area contributed by atoms with Crippen LogP contribution < -0.4 is 5.32 Å². The average molecular weight is 391 g/mol. The van der Waals surface area contributed by atoms with E-state index in [1.54, 1.807) is 42.5 Å². The lowest BCUT2D eigenvalue weighted by Gasteiger charge is -2.16. The van der Waals surface area contributed by atoms with Crippen LogP contribution in [0.2, 0.25) is 0 Å². The third-order valence-corrected chi connectivity index (χ3v) is 4.41. The lowest BCUT2D eigenvalue weighted by Crippen LogP contribution is -2.25. The molecule has 0 unspecified atom stereocenters. The van der Waals surface area contributed by atoms with Gasteiger partial charge >= 0.3 is 0 Å². The highest BCUT2D eigenvalue weighted by Crippen LogP contribution is 2.27. The van der Waals surface area contributed by atoms with Crippen molar-refractivity contribution in [3.05, 3.63) is 71.3 Å². The first-order valence-corrected chi connectivity index (χ1v) is 9.52. The minimum absolute atomic E-state index is 0.0338. The van der Waals surface area contributed by atoms with Crippen LogP contribution in [-0.2, 0) is 17.3 Å². The van der Waals surface area contributed by atoms with E-state index in [-0.39, 0.29) is 18.1 Å². The van der Waals surface area contributed by atoms with E-state index in [2.05, 4.69) is 5.32 Å². The van der Waals surface area contributed by atoms with Crippen LogP contribution in [0, 0.1) is 0 Å². The van der Waals surface area contributed by atoms with Gasteiger partial charge in [-0.25, -0.2) is 0 Å². The zero-order valence-electron chi connectivity index (χ0n) is 15.9. The fourth-order valence-corrected chi connectivity index (χ4v) is 2.83. The van der Waals surface area contributed by atoms with Crippen LogP contribution >= 0.6 is 0 Å². The van der Waals surface area contributed by atoms with E-state index in [0.29, 0.717) is 30.7 Å². The summed E-state index contributed by atoms with van der Waals surface area (Å²) in [6, 6.07) is 14.6. The van der Waals surface area contributed by atoms with Crippen LogP contribution in [0.3, 0.4) is 0 Å². The number of nitrogens with one attached hydrogen (secondary N) is 1. The third kappa shape index (κ3) is 7.02. The van der Waals surface area contributed by atoms with E-state index >= 15 is 0 Å². The number of aliphatic hydroxyl groups excluding tert-OH is 1. The number of rotatable bonds is 12. The van der Waals surface area contributed by atoms with E-state index in [1.807, 2.05) is 0 Å². The highest BCUT2D eigenvalue weighted by Gasteiger charge is 2.31. The summed E-state index contributed by atoms with van der Waals surface area (Å²) in [5.41, 5.74) is 1.05. The van der Waals surface area contributed by atoms with Crippen LogP contribution in [0.15, 0.2) is 54.6 Å². The number of amides is 1. The molecule has 1 amide bonds. The first-order valence-electron chi connectivity index (χ1n) is 9.52. The molecule has 2 aromatic carbocycles. The predicted molar refractivity (Wildman–Crippen MR) is 104 cm³/mol. The van der Waals surface area contributed by atoms with Gasteiger partial charge in [0, 0.05) is 24.3 Å². The second-order valence-corrected chi connectivity index (χ2v) is 6.61. The first kappa shape index (κ1) is 22.0. The van der Waals surface area contributed by atoms with E-state index < -0.39 is 12.5 Å². The summed E-state index contributed by atoms with van der Waals surface area (Å²) in [6.07, 6.45) is 3.22. The minimum Gasteiger partial charge on any atom is -0.392 e. The maximum Gasteiger partial charge on any atom is 0.296 e. The molecule has 0 radical (unpaired) electrons. The Kier molecular flexibility index (Phi) is 9.04. The van der Waals surface area contributed by atoms with Gasteiger partial charge in [-0.3, -0.25) is 4.79 Å². The van der Waals surface area contributed by atoms with Crippen LogP contribution in [-0.4, -0.2) is 30.8 Å². The lowest BCUT2D eigenvalue weighted by molar-refractivity contribution is -0.0831. The van der Waals surface area contributed by atoms with Gasteiger partial charge in [0.15, 0.2) is 0 Å². The molecular formula is C22H27F2NO3. The van der Waals surface area contributed by atoms with Crippen molar-refractivity contribution in [1.29, 1.82) is 0 Å². The summed E-state index contributed by atoms with van der Waals surface area (Å²) in [6.45, 7) is 0.0361. The molecule has 0 bridgehead atoms. The summed E-state index contributed by atoms with van der Waals surface area (Å²) >= 11 is 0. The molecule has 0 saturated heterocycles. The van der Waals surface area contributed by atoms with Gasteiger partial charge in [0.25, 0.3) is 11.8 Å². The fourth-order valence-electron chi connectivity index (χ4n) is 2.83. The number of carbonyl (C=O) groups is 1. The Morgan fingerprint density at radius 2 is 1.64 bits per heavy atom. The topological polar surface area (TPSA) is 58.6 Å². The number of carbonyl (C=O) groups excluding carboxylic acids is 1. The SMILES string of the molecule is O=C(NCCCCCCOCC(F)(F)c1ccccc1)c1ccccc1CO. The monoisotopic (exact) mass is 391 g/mol. The maximum absolute atomic E-state index is 13.9. The third-order valence-electron chi connectivity index (χ3n) is 4.41. The van der Waals surface area contributed by atoms with Crippen LogP contribution in [0.4, 0.5) is 8.78 Å². The molecule has 6 heteroatoms. The van der Waals surface area contributed by atoms with Gasteiger partial charge in [0.1, 0.15) is 6.61 Å². The zero-order valence-corrected chi connectivity index (χ0v) is 15.9. The molecule has 0 heterocycles. The molecule has 0 atom stereocenters. The number of aliphatic hydroxyl groups is 1. The van der Waals surface area contributed by atoms with E-state index in [1.165, 1.54) is 12.1 Å². The standard InChI is InChI=1S/C22H27F2NO3/c23-22(24,19-11-4-3-5-12-19)17-28-15-9-2-1-8-14-25-21(27)20-13-7-6-10-18(20)16-26/h3-7,10-13,26H,1-2,8-9,14-17H2,(H,25,27). The minimum atomic E-state index is -2.98. The Morgan fingerprint density at radius 3 is 2.39 bits per heavy atom. The van der Waals surface area contributed by atoms with E-state index in [9.17, 15) is 18.7 Å². The number of benzene rings is 2. The summed E-state index contributed by atoms with van der Waals surface area (Å²) in [5, 5.41) is 12.1. The number of hydrogen-bond acceptors (Lipinski definition) is 3. The molecule has 0 aliphatic heterocycles. The predicted octanol–water partition coefficient (Wildman–Crippen LogP) is 4.28. The Balaban J connectivity index is 1.53. The maximum atomic E-state index is 13.9. The van der Waals surface area contributed by atoms with Gasteiger partial charge in [-0.1, -0.05) is 61.4 Å². The molecule has 0 aliphatic carbocycles. The van der Waals surface area contributed by atoms with Gasteiger partial charge in [0.2, 0.25) is 0 Å². The van der Waals surface area contributed by atoms with E-state index in [0.717, 1.165) is 19.3 Å². The van der Waals surface area contributed by atoms with Gasteiger partial charge in [0.05, 0.1) is 6.61 Å². The Hall–Kier alpha value is -2.31. The number of unbranched alkanes of at least 4 members (excludes halogenated alkanes) is 3. The van der Waals surface area contributed by atoms with Gasteiger partial charge in [-0.15, -0.1) is 0 Å². The number of hydrogen-bond donors (Lipinski definition) is 2. The van der Waals surface area contributed by atoms with Crippen molar-refractivity contribution in [3.63, 3.8) is 0 Å². The molecule has 2 N–H and O–H groups in total. The summed E-state index contributed by atoms with van der Waals surface area (Å²) < 4.78 is 33.0. The number of ether oxygens (including phenoxy) is 1. The van der Waals surface area contributed by atoms with Crippen molar-refractivity contribution in [2.45, 2.75) is 38.2 Å². The zero-order chi connectivity index (χ0) is 20.2. The Morgan fingerprint density at radius 1 is 0.964 bits per heavy atom. The molecule has 0 spiro atoms. The molecule has 0 aliphatic rings. The molecular weight excluding hydrogens is 364 g/mol. The van der Waals surface area contributed by atoms with Crippen molar-refractivity contribution in [2.24, 2.45) is 0 Å². The lowest BCUT2D eigenvalue weighted by atomic mass is 10.1. The summed E-state index contributed by atoms with van der Waals surface area (Å²) in [5.74, 6) is -3.17.